The summed E-state index contributed by atoms with van der Waals surface area (Å²) in [5, 5.41) is 13.1. The number of hydrogen-bond acceptors (Lipinski definition) is 5. The van der Waals surface area contributed by atoms with Gasteiger partial charge in [-0.05, 0) is 51.0 Å². The number of carbonyl (C=O) groups is 1. The lowest BCUT2D eigenvalue weighted by Gasteiger charge is -2.44. The van der Waals surface area contributed by atoms with Gasteiger partial charge in [0.25, 0.3) is 0 Å². The summed E-state index contributed by atoms with van der Waals surface area (Å²) in [7, 11) is 1.69. The maximum Gasteiger partial charge on any atom is 0.230 e. The number of allylic oxidation sites excluding steroid dienone is 2. The molecule has 3 heterocycles. The third kappa shape index (κ3) is 3.14. The average molecular weight is 360 g/mol. The number of aliphatic hydroxyl groups excluding tert-OH is 1. The van der Waals surface area contributed by atoms with E-state index in [2.05, 4.69) is 21.2 Å². The van der Waals surface area contributed by atoms with Gasteiger partial charge in [-0.2, -0.15) is 0 Å². The summed E-state index contributed by atoms with van der Waals surface area (Å²) in [5.74, 6) is 1.19. The summed E-state index contributed by atoms with van der Waals surface area (Å²) < 4.78 is 5.52. The van der Waals surface area contributed by atoms with Gasteiger partial charge in [-0.15, -0.1) is 0 Å². The van der Waals surface area contributed by atoms with Crippen molar-refractivity contribution in [2.75, 3.05) is 26.7 Å². The molecule has 6 nitrogen and oxygen atoms in total. The highest BCUT2D eigenvalue weighted by atomic mass is 16.5. The number of dihydropyridines is 1. The highest BCUT2D eigenvalue weighted by Crippen LogP contribution is 2.43. The van der Waals surface area contributed by atoms with Crippen LogP contribution in [0.25, 0.3) is 0 Å². The van der Waals surface area contributed by atoms with Crippen molar-refractivity contribution < 1.29 is 14.6 Å². The van der Waals surface area contributed by atoms with Crippen LogP contribution < -0.4 is 5.32 Å². The van der Waals surface area contributed by atoms with Gasteiger partial charge in [-0.3, -0.25) is 9.69 Å². The van der Waals surface area contributed by atoms with Crippen molar-refractivity contribution in [2.45, 2.75) is 63.3 Å². The number of amides is 1. The number of carbonyl (C=O) groups excluding carboxylic acids is 1. The fourth-order valence-electron chi connectivity index (χ4n) is 5.20. The molecule has 1 unspecified atom stereocenters. The molecule has 1 radical (unpaired) electrons. The van der Waals surface area contributed by atoms with Gasteiger partial charge in [0.1, 0.15) is 11.9 Å². The minimum atomic E-state index is -0.250. The number of aliphatic hydroxyl groups is 1. The number of ether oxygens (including phenoxy) is 1. The molecule has 3 aliphatic heterocycles. The Morgan fingerprint density at radius 2 is 2.08 bits per heavy atom. The summed E-state index contributed by atoms with van der Waals surface area (Å²) in [5.41, 5.74) is -0.250. The van der Waals surface area contributed by atoms with Crippen LogP contribution in [-0.4, -0.2) is 65.9 Å². The van der Waals surface area contributed by atoms with E-state index >= 15 is 0 Å². The van der Waals surface area contributed by atoms with Crippen molar-refractivity contribution in [2.24, 2.45) is 5.41 Å². The molecular weight excluding hydrogens is 330 g/mol. The minimum Gasteiger partial charge on any atom is -0.497 e. The predicted molar refractivity (Wildman–Crippen MR) is 97.7 cm³/mol. The zero-order valence-electron chi connectivity index (χ0n) is 15.6. The molecule has 2 atom stereocenters. The van der Waals surface area contributed by atoms with Crippen LogP contribution in [0.2, 0.25) is 0 Å². The van der Waals surface area contributed by atoms with Crippen LogP contribution >= 0.6 is 0 Å². The van der Waals surface area contributed by atoms with Gasteiger partial charge < -0.3 is 20.1 Å². The first kappa shape index (κ1) is 17.9. The smallest absolute Gasteiger partial charge is 0.230 e. The van der Waals surface area contributed by atoms with Crippen LogP contribution in [0.4, 0.5) is 0 Å². The predicted octanol–water partition coefficient (Wildman–Crippen LogP) is 1.38. The van der Waals surface area contributed by atoms with Crippen LogP contribution in [0.1, 0.15) is 44.9 Å². The van der Waals surface area contributed by atoms with Crippen molar-refractivity contribution in [1.29, 1.82) is 0 Å². The van der Waals surface area contributed by atoms with E-state index in [0.29, 0.717) is 11.9 Å². The quantitative estimate of drug-likeness (QED) is 0.796. The van der Waals surface area contributed by atoms with Gasteiger partial charge in [-0.1, -0.05) is 0 Å². The molecule has 26 heavy (non-hydrogen) atoms. The second-order valence-corrected chi connectivity index (χ2v) is 8.20. The van der Waals surface area contributed by atoms with E-state index in [0.717, 1.165) is 70.3 Å². The molecule has 0 aromatic rings. The van der Waals surface area contributed by atoms with Gasteiger partial charge in [0.15, 0.2) is 0 Å². The van der Waals surface area contributed by atoms with Gasteiger partial charge in [0.2, 0.25) is 5.91 Å². The topological polar surface area (TPSA) is 65.0 Å². The SMILES string of the molecule is COC1=C[C]=CNC1N1CCC[C@@]2(CCN([C@H]3CC[C@H](O)CC3)C2=O)C1. The maximum atomic E-state index is 13.4. The van der Waals surface area contributed by atoms with E-state index in [9.17, 15) is 9.90 Å². The fourth-order valence-corrected chi connectivity index (χ4v) is 5.20. The zero-order chi connectivity index (χ0) is 18.1. The van der Waals surface area contributed by atoms with Crippen LogP contribution in [0.5, 0.6) is 0 Å². The zero-order valence-corrected chi connectivity index (χ0v) is 15.6. The molecule has 1 aliphatic carbocycles. The Balaban J connectivity index is 1.46. The fraction of sp³-hybridized carbons (Fsp3) is 0.750. The number of nitrogens with one attached hydrogen (secondary N) is 1. The first-order chi connectivity index (χ1) is 12.6. The highest BCUT2D eigenvalue weighted by molar-refractivity contribution is 5.85. The molecule has 3 fully saturated rings. The van der Waals surface area contributed by atoms with Crippen molar-refractivity contribution >= 4 is 5.91 Å². The molecule has 1 spiro atoms. The molecule has 2 saturated heterocycles. The Labute approximate surface area is 155 Å². The molecule has 0 bridgehead atoms. The van der Waals surface area contributed by atoms with E-state index < -0.39 is 0 Å². The third-order valence-electron chi connectivity index (χ3n) is 6.68. The molecule has 1 saturated carbocycles. The standard InChI is InChI=1S/C20H30N3O3/c1-26-17-4-2-11-21-18(17)22-12-3-9-20(14-22)10-13-23(19(20)25)15-5-7-16(24)8-6-15/h4,11,15-16,18,21,24H,3,5-10,12-14H2,1H3/t15-,16-,18?,20-/m1/s1. The molecule has 0 aromatic carbocycles. The van der Waals surface area contributed by atoms with Crippen molar-refractivity contribution in [3.8, 4) is 0 Å². The lowest BCUT2D eigenvalue weighted by molar-refractivity contribution is -0.142. The van der Waals surface area contributed by atoms with Crippen LogP contribution in [0, 0.1) is 11.5 Å². The average Bonchev–Trinajstić information content (AvgIpc) is 2.98. The number of likely N-dealkylation sites (tertiary alicyclic amines) is 2. The normalized spacial score (nSPS) is 38.4. The molecule has 2 N–H and O–H groups in total. The number of piperidine rings is 1. The van der Waals surface area contributed by atoms with E-state index in [1.54, 1.807) is 7.11 Å². The second kappa shape index (κ2) is 7.24. The monoisotopic (exact) mass is 360 g/mol. The number of methoxy groups -OCH3 is 1. The molecule has 6 heteroatoms. The van der Waals surface area contributed by atoms with Gasteiger partial charge >= 0.3 is 0 Å². The van der Waals surface area contributed by atoms with Crippen molar-refractivity contribution in [3.05, 3.63) is 24.1 Å². The number of nitrogens with zero attached hydrogens (tertiary/aromatic N) is 2. The van der Waals surface area contributed by atoms with Crippen LogP contribution in [0.15, 0.2) is 18.0 Å². The van der Waals surface area contributed by atoms with Crippen LogP contribution in [-0.2, 0) is 9.53 Å². The lowest BCUT2D eigenvalue weighted by atomic mass is 9.78. The Bertz CT molecular complexity index is 597. The molecular formula is C20H30N3O3. The molecule has 4 rings (SSSR count). The van der Waals surface area contributed by atoms with E-state index in [1.165, 1.54) is 0 Å². The Hall–Kier alpha value is -1.53. The Morgan fingerprint density at radius 3 is 2.85 bits per heavy atom. The van der Waals surface area contributed by atoms with Gasteiger partial charge in [0.05, 0.1) is 18.6 Å². The first-order valence-corrected chi connectivity index (χ1v) is 9.94. The first-order valence-electron chi connectivity index (χ1n) is 9.94. The van der Waals surface area contributed by atoms with Gasteiger partial charge in [0, 0.05) is 38.0 Å². The highest BCUT2D eigenvalue weighted by Gasteiger charge is 2.51. The van der Waals surface area contributed by atoms with Gasteiger partial charge in [-0.25, -0.2) is 0 Å². The summed E-state index contributed by atoms with van der Waals surface area (Å²) >= 11 is 0. The van der Waals surface area contributed by atoms with Crippen molar-refractivity contribution in [3.63, 3.8) is 0 Å². The number of hydrogen-bond donors (Lipinski definition) is 2. The largest absolute Gasteiger partial charge is 0.497 e. The van der Waals surface area contributed by atoms with Crippen LogP contribution in [0.3, 0.4) is 0 Å². The summed E-state index contributed by atoms with van der Waals surface area (Å²) in [6.07, 6.45) is 13.0. The van der Waals surface area contributed by atoms with Crippen molar-refractivity contribution in [1.82, 2.24) is 15.1 Å². The lowest BCUT2D eigenvalue weighted by Crippen LogP contribution is -2.56. The molecule has 0 aromatic heterocycles. The maximum absolute atomic E-state index is 13.4. The van der Waals surface area contributed by atoms with E-state index in [1.807, 2.05) is 12.3 Å². The second-order valence-electron chi connectivity index (χ2n) is 8.20. The summed E-state index contributed by atoms with van der Waals surface area (Å²) in [6.45, 7) is 2.62. The Kier molecular flexibility index (Phi) is 4.97. The minimum absolute atomic E-state index is 0.00916. The molecule has 1 amide bonds. The summed E-state index contributed by atoms with van der Waals surface area (Å²) in [6, 6.07) is 0.320. The van der Waals surface area contributed by atoms with E-state index in [4.69, 9.17) is 4.74 Å². The molecule has 4 aliphatic rings. The number of rotatable bonds is 3. The van der Waals surface area contributed by atoms with E-state index in [-0.39, 0.29) is 17.7 Å². The molecule has 143 valence electrons. The summed E-state index contributed by atoms with van der Waals surface area (Å²) in [4.78, 5) is 17.9. The third-order valence-corrected chi connectivity index (χ3v) is 6.68. The Morgan fingerprint density at radius 1 is 1.27 bits per heavy atom.